The lowest BCUT2D eigenvalue weighted by molar-refractivity contribution is -0.131. The van der Waals surface area contributed by atoms with E-state index in [0.29, 0.717) is 31.1 Å². The molecule has 4 rings (SSSR count). The van der Waals surface area contributed by atoms with Crippen LogP contribution in [0.1, 0.15) is 39.8 Å². The molecule has 188 valence electrons. The molecule has 0 bridgehead atoms. The van der Waals surface area contributed by atoms with Gasteiger partial charge in [0.2, 0.25) is 5.91 Å². The molecule has 35 heavy (non-hydrogen) atoms. The fourth-order valence-electron chi connectivity index (χ4n) is 4.43. The molecule has 0 saturated carbocycles. The zero-order chi connectivity index (χ0) is 24.9. The summed E-state index contributed by atoms with van der Waals surface area (Å²) in [5, 5.41) is 3.21. The van der Waals surface area contributed by atoms with E-state index in [0.717, 1.165) is 36.5 Å². The molecule has 2 N–H and O–H groups in total. The number of nitrogens with one attached hydrogen (secondary N) is 2. The molecule has 2 fully saturated rings. The molecule has 9 nitrogen and oxygen atoms in total. The quantitative estimate of drug-likeness (QED) is 0.585. The third-order valence-corrected chi connectivity index (χ3v) is 8.08. The third kappa shape index (κ3) is 6.38. The maximum absolute atomic E-state index is 12.7. The Kier molecular flexibility index (Phi) is 8.38. The lowest BCUT2D eigenvalue weighted by Gasteiger charge is -2.36. The molecule has 1 aromatic carbocycles. The van der Waals surface area contributed by atoms with E-state index in [1.54, 1.807) is 11.4 Å². The highest BCUT2D eigenvalue weighted by molar-refractivity contribution is 7.09. The van der Waals surface area contributed by atoms with Crippen LogP contribution in [0.15, 0.2) is 29.6 Å². The smallest absolute Gasteiger partial charge is 0.289 e. The van der Waals surface area contributed by atoms with E-state index in [2.05, 4.69) is 20.7 Å². The van der Waals surface area contributed by atoms with Crippen LogP contribution in [-0.4, -0.2) is 90.3 Å². The molecule has 1 aromatic heterocycles. The monoisotopic (exact) mass is 518 g/mol. The number of carbonyl (C=O) groups is 3. The van der Waals surface area contributed by atoms with Gasteiger partial charge in [-0.25, -0.2) is 4.98 Å². The van der Waals surface area contributed by atoms with Crippen molar-refractivity contribution in [3.63, 3.8) is 0 Å². The number of rotatable bonds is 5. The average molecular weight is 519 g/mol. The number of benzene rings is 1. The van der Waals surface area contributed by atoms with E-state index < -0.39 is 5.91 Å². The van der Waals surface area contributed by atoms with Crippen LogP contribution in [-0.2, 0) is 16.0 Å². The van der Waals surface area contributed by atoms with Crippen LogP contribution >= 0.6 is 22.9 Å². The van der Waals surface area contributed by atoms with Crippen molar-refractivity contribution in [3.05, 3.63) is 50.9 Å². The number of hydrazine groups is 1. The van der Waals surface area contributed by atoms with Gasteiger partial charge in [-0.15, -0.1) is 11.3 Å². The summed E-state index contributed by atoms with van der Waals surface area (Å²) >= 11 is 7.63. The summed E-state index contributed by atoms with van der Waals surface area (Å²) in [6, 6.07) is 7.10. The minimum absolute atomic E-state index is 0.0706. The van der Waals surface area contributed by atoms with Crippen molar-refractivity contribution < 1.29 is 14.4 Å². The van der Waals surface area contributed by atoms with Crippen molar-refractivity contribution in [1.82, 2.24) is 30.5 Å². The standard InChI is InChI=1S/C24H31ClN6O3S/c1-29-11-12-30(2)20(14-29)23(34)28-27-22(33)19-15-35-24(26-19)16-7-9-31(10-8-16)21(32)13-17-5-3-4-6-18(17)25/h3-6,15-16,20H,7-14H2,1-2H3,(H,27,33)(H,28,34). The highest BCUT2D eigenvalue weighted by atomic mass is 35.5. The van der Waals surface area contributed by atoms with E-state index >= 15 is 0 Å². The molecule has 2 saturated heterocycles. The maximum atomic E-state index is 12.7. The van der Waals surface area contributed by atoms with Crippen LogP contribution in [0.5, 0.6) is 0 Å². The summed E-state index contributed by atoms with van der Waals surface area (Å²) in [7, 11) is 3.88. The summed E-state index contributed by atoms with van der Waals surface area (Å²) in [4.78, 5) is 48.2. The number of aromatic nitrogens is 1. The molecule has 2 aliphatic rings. The van der Waals surface area contributed by atoms with Gasteiger partial charge < -0.3 is 9.80 Å². The molecule has 3 heterocycles. The van der Waals surface area contributed by atoms with Gasteiger partial charge >= 0.3 is 0 Å². The molecule has 11 heteroatoms. The third-order valence-electron chi connectivity index (χ3n) is 6.70. The molecular formula is C24H31ClN6O3S. The zero-order valence-corrected chi connectivity index (χ0v) is 21.6. The van der Waals surface area contributed by atoms with E-state index in [1.165, 1.54) is 11.3 Å². The Morgan fingerprint density at radius 2 is 1.83 bits per heavy atom. The van der Waals surface area contributed by atoms with E-state index in [4.69, 9.17) is 11.6 Å². The van der Waals surface area contributed by atoms with Crippen molar-refractivity contribution in [3.8, 4) is 0 Å². The molecule has 2 aromatic rings. The van der Waals surface area contributed by atoms with Gasteiger partial charge in [-0.05, 0) is 38.6 Å². The summed E-state index contributed by atoms with van der Waals surface area (Å²) in [5.41, 5.74) is 6.16. The van der Waals surface area contributed by atoms with Crippen LogP contribution in [0.25, 0.3) is 0 Å². The first-order chi connectivity index (χ1) is 16.8. The predicted molar refractivity (Wildman–Crippen MR) is 135 cm³/mol. The van der Waals surface area contributed by atoms with E-state index in [9.17, 15) is 14.4 Å². The van der Waals surface area contributed by atoms with Crippen LogP contribution < -0.4 is 10.9 Å². The zero-order valence-electron chi connectivity index (χ0n) is 20.0. The molecule has 0 radical (unpaired) electrons. The highest BCUT2D eigenvalue weighted by Gasteiger charge is 2.29. The average Bonchev–Trinajstić information content (AvgIpc) is 3.36. The van der Waals surface area contributed by atoms with Crippen LogP contribution in [0.3, 0.4) is 0 Å². The van der Waals surface area contributed by atoms with Crippen molar-refractivity contribution >= 4 is 40.7 Å². The predicted octanol–water partition coefficient (Wildman–Crippen LogP) is 1.75. The van der Waals surface area contributed by atoms with Gasteiger partial charge in [0.05, 0.1) is 11.4 Å². The fourth-order valence-corrected chi connectivity index (χ4v) is 5.60. The SMILES string of the molecule is CN1CCN(C)C(C(=O)NNC(=O)c2csc(C3CCN(C(=O)Cc4ccccc4Cl)CC3)n2)C1. The van der Waals surface area contributed by atoms with Gasteiger partial charge in [-0.2, -0.15) is 0 Å². The topological polar surface area (TPSA) is 97.9 Å². The number of amides is 3. The minimum Gasteiger partial charge on any atom is -0.342 e. The van der Waals surface area contributed by atoms with E-state index in [1.807, 2.05) is 42.1 Å². The molecule has 2 aliphatic heterocycles. The van der Waals surface area contributed by atoms with Gasteiger partial charge in [-0.1, -0.05) is 29.8 Å². The lowest BCUT2D eigenvalue weighted by Crippen LogP contribution is -2.59. The second-order valence-corrected chi connectivity index (χ2v) is 10.5. The Balaban J connectivity index is 1.25. The van der Waals surface area contributed by atoms with Gasteiger partial charge in [0, 0.05) is 49.0 Å². The Bertz CT molecular complexity index is 1070. The number of likely N-dealkylation sites (tertiary alicyclic amines) is 1. The first kappa shape index (κ1) is 25.6. The van der Waals surface area contributed by atoms with Crippen LogP contribution in [0, 0.1) is 0 Å². The highest BCUT2D eigenvalue weighted by Crippen LogP contribution is 2.30. The number of thiazole rings is 1. The number of hydrogen-bond donors (Lipinski definition) is 2. The van der Waals surface area contributed by atoms with Crippen molar-refractivity contribution in [2.24, 2.45) is 0 Å². The number of likely N-dealkylation sites (N-methyl/N-ethyl adjacent to an activating group) is 2. The Morgan fingerprint density at radius 3 is 2.57 bits per heavy atom. The molecule has 0 spiro atoms. The van der Waals surface area contributed by atoms with Gasteiger partial charge in [0.25, 0.3) is 11.8 Å². The molecular weight excluding hydrogens is 488 g/mol. The number of hydrogen-bond acceptors (Lipinski definition) is 7. The summed E-state index contributed by atoms with van der Waals surface area (Å²) in [5.74, 6) is -0.398. The molecule has 0 aliphatic carbocycles. The molecule has 1 atom stereocenters. The Morgan fingerprint density at radius 1 is 1.09 bits per heavy atom. The second kappa shape index (κ2) is 11.5. The number of piperazine rings is 1. The molecule has 3 amide bonds. The largest absolute Gasteiger partial charge is 0.342 e. The normalized spacial score (nSPS) is 20.0. The van der Waals surface area contributed by atoms with Crippen LogP contribution in [0.2, 0.25) is 5.02 Å². The lowest BCUT2D eigenvalue weighted by atomic mass is 9.97. The van der Waals surface area contributed by atoms with Crippen molar-refractivity contribution in [2.45, 2.75) is 31.2 Å². The first-order valence-corrected chi connectivity index (χ1v) is 13.0. The number of nitrogens with zero attached hydrogens (tertiary/aromatic N) is 4. The van der Waals surface area contributed by atoms with E-state index in [-0.39, 0.29) is 29.5 Å². The Hall–Kier alpha value is -2.53. The number of carbonyl (C=O) groups excluding carboxylic acids is 3. The molecule has 1 unspecified atom stereocenters. The number of piperidine rings is 1. The van der Waals surface area contributed by atoms with Gasteiger partial charge in [0.1, 0.15) is 11.7 Å². The van der Waals surface area contributed by atoms with Gasteiger partial charge in [0.15, 0.2) is 0 Å². The number of halogens is 1. The fraction of sp³-hybridized carbons (Fsp3) is 0.500. The van der Waals surface area contributed by atoms with Crippen molar-refractivity contribution in [1.29, 1.82) is 0 Å². The maximum Gasteiger partial charge on any atom is 0.289 e. The second-order valence-electron chi connectivity index (χ2n) is 9.20. The van der Waals surface area contributed by atoms with Crippen LogP contribution in [0.4, 0.5) is 0 Å². The Labute approximate surface area is 214 Å². The first-order valence-electron chi connectivity index (χ1n) is 11.8. The van der Waals surface area contributed by atoms with Crippen molar-refractivity contribution in [2.75, 3.05) is 46.8 Å². The summed E-state index contributed by atoms with van der Waals surface area (Å²) < 4.78 is 0. The van der Waals surface area contributed by atoms with Gasteiger partial charge in [-0.3, -0.25) is 30.1 Å². The summed E-state index contributed by atoms with van der Waals surface area (Å²) in [6.45, 7) is 3.60. The summed E-state index contributed by atoms with van der Waals surface area (Å²) in [6.07, 6.45) is 1.88. The minimum atomic E-state index is -0.431.